The van der Waals surface area contributed by atoms with Crippen molar-refractivity contribution < 1.29 is 0 Å². The minimum atomic E-state index is 0.739. The lowest BCUT2D eigenvalue weighted by Gasteiger charge is -2.00. The van der Waals surface area contributed by atoms with Crippen molar-refractivity contribution in [1.82, 2.24) is 10.2 Å². The summed E-state index contributed by atoms with van der Waals surface area (Å²) in [4.78, 5) is 0. The Morgan fingerprint density at radius 2 is 2.08 bits per heavy atom. The van der Waals surface area contributed by atoms with Crippen LogP contribution in [0.25, 0.3) is 0 Å². The third kappa shape index (κ3) is 1.51. The Labute approximate surface area is 77.0 Å². The topological polar surface area (TPSA) is 25.8 Å². The largest absolute Gasteiger partial charge is 0.144 e. The molecule has 66 valence electrons. The highest BCUT2D eigenvalue weighted by Gasteiger charge is 2.20. The number of rotatable bonds is 2. The van der Waals surface area contributed by atoms with Crippen LogP contribution in [-0.2, 0) is 6.42 Å². The lowest BCUT2D eigenvalue weighted by atomic mass is 10.1. The molecule has 0 N–H and O–H groups in total. The second-order valence-electron chi connectivity index (χ2n) is 3.37. The summed E-state index contributed by atoms with van der Waals surface area (Å²) in [7, 11) is 0. The maximum atomic E-state index is 4.24. The van der Waals surface area contributed by atoms with E-state index in [1.165, 1.54) is 35.7 Å². The molecule has 0 saturated heterocycles. The fraction of sp³-hybridized carbons (Fsp3) is 0.778. The highest BCUT2D eigenvalue weighted by atomic mass is 32.1. The normalized spacial score (nSPS) is 18.8. The Kier molecular flexibility index (Phi) is 2.40. The summed E-state index contributed by atoms with van der Waals surface area (Å²) in [6.07, 6.45) is 6.46. The van der Waals surface area contributed by atoms with Gasteiger partial charge in [-0.3, -0.25) is 0 Å². The smallest absolute Gasteiger partial charge is 0.120 e. The first-order valence-electron chi connectivity index (χ1n) is 4.72. The molecule has 1 fully saturated rings. The molecule has 0 bridgehead atoms. The zero-order valence-electron chi connectivity index (χ0n) is 7.42. The molecule has 0 aromatic carbocycles. The van der Waals surface area contributed by atoms with Crippen LogP contribution in [0.1, 0.15) is 48.5 Å². The van der Waals surface area contributed by atoms with Gasteiger partial charge in [0.25, 0.3) is 0 Å². The van der Waals surface area contributed by atoms with Crippen LogP contribution in [0.2, 0.25) is 0 Å². The van der Waals surface area contributed by atoms with E-state index in [2.05, 4.69) is 17.1 Å². The minimum Gasteiger partial charge on any atom is -0.144 e. The number of hydrogen-bond acceptors (Lipinski definition) is 3. The third-order valence-corrected chi connectivity index (χ3v) is 3.72. The molecule has 1 aromatic heterocycles. The van der Waals surface area contributed by atoms with Gasteiger partial charge in [0.1, 0.15) is 10.0 Å². The molecule has 1 heterocycles. The van der Waals surface area contributed by atoms with Gasteiger partial charge in [0.2, 0.25) is 0 Å². The highest BCUT2D eigenvalue weighted by molar-refractivity contribution is 7.11. The summed E-state index contributed by atoms with van der Waals surface area (Å²) in [5, 5.41) is 10.9. The lowest BCUT2D eigenvalue weighted by Crippen LogP contribution is -1.89. The molecule has 2 rings (SSSR count). The van der Waals surface area contributed by atoms with Gasteiger partial charge in [0.15, 0.2) is 0 Å². The van der Waals surface area contributed by atoms with Crippen LogP contribution >= 0.6 is 11.3 Å². The summed E-state index contributed by atoms with van der Waals surface area (Å²) in [5.74, 6) is 0.739. The number of hydrogen-bond donors (Lipinski definition) is 0. The third-order valence-electron chi connectivity index (χ3n) is 2.49. The van der Waals surface area contributed by atoms with Crippen molar-refractivity contribution in [2.75, 3.05) is 0 Å². The second kappa shape index (κ2) is 3.52. The van der Waals surface area contributed by atoms with E-state index in [0.717, 1.165) is 12.3 Å². The predicted molar refractivity (Wildman–Crippen MR) is 50.5 cm³/mol. The van der Waals surface area contributed by atoms with Crippen molar-refractivity contribution >= 4 is 11.3 Å². The zero-order chi connectivity index (χ0) is 8.39. The van der Waals surface area contributed by atoms with Crippen LogP contribution in [0.5, 0.6) is 0 Å². The minimum absolute atomic E-state index is 0.739. The van der Waals surface area contributed by atoms with Gasteiger partial charge in [-0.1, -0.05) is 19.8 Å². The van der Waals surface area contributed by atoms with Crippen LogP contribution in [0, 0.1) is 0 Å². The fourth-order valence-electron chi connectivity index (χ4n) is 1.75. The van der Waals surface area contributed by atoms with Crippen LogP contribution in [0.3, 0.4) is 0 Å². The Morgan fingerprint density at radius 1 is 1.33 bits per heavy atom. The molecule has 0 radical (unpaired) electrons. The van der Waals surface area contributed by atoms with Crippen molar-refractivity contribution in [3.8, 4) is 0 Å². The molecule has 0 unspecified atom stereocenters. The summed E-state index contributed by atoms with van der Waals surface area (Å²) >= 11 is 1.81. The molecule has 1 aliphatic carbocycles. The van der Waals surface area contributed by atoms with Crippen molar-refractivity contribution in [1.29, 1.82) is 0 Å². The van der Waals surface area contributed by atoms with Gasteiger partial charge >= 0.3 is 0 Å². The molecule has 0 spiro atoms. The molecule has 2 nitrogen and oxygen atoms in total. The first kappa shape index (κ1) is 8.17. The lowest BCUT2D eigenvalue weighted by molar-refractivity contribution is 0.703. The zero-order valence-corrected chi connectivity index (χ0v) is 8.23. The molecule has 3 heteroatoms. The molecule has 0 aliphatic heterocycles. The molecular formula is C9H14N2S. The van der Waals surface area contributed by atoms with Gasteiger partial charge in [0.05, 0.1) is 0 Å². The fourth-order valence-corrected chi connectivity index (χ4v) is 2.70. The van der Waals surface area contributed by atoms with Crippen molar-refractivity contribution in [2.45, 2.75) is 44.9 Å². The predicted octanol–water partition coefficient (Wildman–Crippen LogP) is 2.76. The summed E-state index contributed by atoms with van der Waals surface area (Å²) in [5.41, 5.74) is 0. The van der Waals surface area contributed by atoms with Gasteiger partial charge in [-0.05, 0) is 19.3 Å². The van der Waals surface area contributed by atoms with Gasteiger partial charge in [-0.2, -0.15) is 0 Å². The number of aryl methyl sites for hydroxylation is 1. The summed E-state index contributed by atoms with van der Waals surface area (Å²) < 4.78 is 0. The van der Waals surface area contributed by atoms with Crippen molar-refractivity contribution in [3.05, 3.63) is 10.0 Å². The monoisotopic (exact) mass is 182 g/mol. The average Bonchev–Trinajstić information content (AvgIpc) is 2.75. The van der Waals surface area contributed by atoms with Crippen molar-refractivity contribution in [2.24, 2.45) is 0 Å². The summed E-state index contributed by atoms with van der Waals surface area (Å²) in [6.45, 7) is 2.14. The van der Waals surface area contributed by atoms with Crippen LogP contribution in [0.15, 0.2) is 0 Å². The highest BCUT2D eigenvalue weighted by Crippen LogP contribution is 2.35. The molecule has 0 amide bonds. The van der Waals surface area contributed by atoms with Gasteiger partial charge in [0, 0.05) is 5.92 Å². The maximum absolute atomic E-state index is 4.24. The molecule has 1 saturated carbocycles. The molecule has 1 aliphatic rings. The van der Waals surface area contributed by atoms with E-state index < -0.39 is 0 Å². The van der Waals surface area contributed by atoms with Gasteiger partial charge in [-0.25, -0.2) is 0 Å². The Balaban J connectivity index is 2.11. The molecule has 0 atom stereocenters. The van der Waals surface area contributed by atoms with Gasteiger partial charge in [-0.15, -0.1) is 21.5 Å². The van der Waals surface area contributed by atoms with Crippen LogP contribution in [-0.4, -0.2) is 10.2 Å². The molecule has 1 aromatic rings. The SMILES string of the molecule is CCc1nnc(C2CCCC2)s1. The average molecular weight is 182 g/mol. The molecule has 12 heavy (non-hydrogen) atoms. The standard InChI is InChI=1S/C9H14N2S/c1-2-8-10-11-9(12-8)7-5-3-4-6-7/h7H,2-6H2,1H3. The van der Waals surface area contributed by atoms with E-state index in [9.17, 15) is 0 Å². The van der Waals surface area contributed by atoms with Crippen molar-refractivity contribution in [3.63, 3.8) is 0 Å². The van der Waals surface area contributed by atoms with E-state index in [-0.39, 0.29) is 0 Å². The first-order valence-corrected chi connectivity index (χ1v) is 5.54. The number of nitrogens with zero attached hydrogens (tertiary/aromatic N) is 2. The van der Waals surface area contributed by atoms with E-state index in [1.54, 1.807) is 0 Å². The van der Waals surface area contributed by atoms with E-state index in [4.69, 9.17) is 0 Å². The van der Waals surface area contributed by atoms with E-state index in [0.29, 0.717) is 0 Å². The Morgan fingerprint density at radius 3 is 2.67 bits per heavy atom. The van der Waals surface area contributed by atoms with E-state index >= 15 is 0 Å². The quantitative estimate of drug-likeness (QED) is 0.703. The van der Waals surface area contributed by atoms with E-state index in [1.807, 2.05) is 11.3 Å². The molecular weight excluding hydrogens is 168 g/mol. The second-order valence-corrected chi connectivity index (χ2v) is 4.46. The summed E-state index contributed by atoms with van der Waals surface area (Å²) in [6, 6.07) is 0. The first-order chi connectivity index (χ1) is 5.90. The van der Waals surface area contributed by atoms with Crippen LogP contribution < -0.4 is 0 Å². The van der Waals surface area contributed by atoms with Crippen LogP contribution in [0.4, 0.5) is 0 Å². The van der Waals surface area contributed by atoms with Gasteiger partial charge < -0.3 is 0 Å². The Bertz CT molecular complexity index is 251. The Hall–Kier alpha value is -0.440. The number of aromatic nitrogens is 2. The maximum Gasteiger partial charge on any atom is 0.120 e.